The van der Waals surface area contributed by atoms with Crippen LogP contribution in [0.5, 0.6) is 0 Å². The van der Waals surface area contributed by atoms with Gasteiger partial charge in [-0.15, -0.1) is 0 Å². The predicted octanol–water partition coefficient (Wildman–Crippen LogP) is 2.06. The Balaban J connectivity index is 2.09. The smallest absolute Gasteiger partial charge is 0.331 e. The Morgan fingerprint density at radius 2 is 2.04 bits per heavy atom. The molecule has 0 aromatic heterocycles. The van der Waals surface area contributed by atoms with Crippen LogP contribution in [0.2, 0.25) is 0 Å². The highest BCUT2D eigenvalue weighted by Crippen LogP contribution is 2.32. The Kier molecular flexibility index (Phi) is 5.91. The van der Waals surface area contributed by atoms with Gasteiger partial charge in [0.2, 0.25) is 0 Å². The molecular weight excluding hydrogens is 292 g/mol. The number of likely N-dealkylation sites (tertiary alicyclic amines) is 1. The van der Waals surface area contributed by atoms with Gasteiger partial charge in [-0.1, -0.05) is 37.3 Å². The zero-order valence-electron chi connectivity index (χ0n) is 13.9. The number of aliphatic carboxylic acids is 1. The van der Waals surface area contributed by atoms with Crippen LogP contribution >= 0.6 is 0 Å². The van der Waals surface area contributed by atoms with Crippen LogP contribution in [0.3, 0.4) is 0 Å². The van der Waals surface area contributed by atoms with Gasteiger partial charge in [0.05, 0.1) is 6.04 Å². The van der Waals surface area contributed by atoms with E-state index in [2.05, 4.69) is 5.32 Å². The molecule has 1 aliphatic heterocycles. The molecule has 0 radical (unpaired) electrons. The van der Waals surface area contributed by atoms with Crippen molar-refractivity contribution in [2.45, 2.75) is 51.2 Å². The molecule has 1 aromatic rings. The normalized spacial score (nSPS) is 22.9. The quantitative estimate of drug-likeness (QED) is 0.718. The Labute approximate surface area is 137 Å². The fourth-order valence-electron chi connectivity index (χ4n) is 3.39. The van der Waals surface area contributed by atoms with Crippen LogP contribution in [0.25, 0.3) is 0 Å². The monoisotopic (exact) mass is 318 g/mol. The van der Waals surface area contributed by atoms with Crippen molar-refractivity contribution in [2.24, 2.45) is 0 Å². The lowest BCUT2D eigenvalue weighted by Crippen LogP contribution is -2.61. The summed E-state index contributed by atoms with van der Waals surface area (Å²) in [7, 11) is 0. The molecule has 0 spiro atoms. The van der Waals surface area contributed by atoms with Crippen molar-refractivity contribution in [3.8, 4) is 0 Å². The first kappa shape index (κ1) is 17.6. The fourth-order valence-corrected chi connectivity index (χ4v) is 3.39. The van der Waals surface area contributed by atoms with Gasteiger partial charge in [0.1, 0.15) is 0 Å². The average Bonchev–Trinajstić information content (AvgIpc) is 2.98. The maximum absolute atomic E-state index is 12.9. The third-order valence-corrected chi connectivity index (χ3v) is 4.61. The molecule has 1 saturated heterocycles. The Morgan fingerprint density at radius 3 is 2.65 bits per heavy atom. The summed E-state index contributed by atoms with van der Waals surface area (Å²) in [6, 6.07) is 9.30. The number of nitrogens with zero attached hydrogens (tertiary/aromatic N) is 1. The number of carbonyl (C=O) groups is 2. The van der Waals surface area contributed by atoms with Crippen LogP contribution in [0, 0.1) is 0 Å². The standard InChI is InChI=1S/C18H26N2O3/c1-3-11-20-12-7-10-18(20,17(22)23)16(21)14(2)19-13-15-8-5-4-6-9-15/h4-6,8-9,14,19H,3,7,10-13H2,1-2H3,(H,22,23)/t14-,18+/m0/s1. The van der Waals surface area contributed by atoms with Crippen molar-refractivity contribution >= 4 is 11.8 Å². The molecule has 5 heteroatoms. The number of benzene rings is 1. The molecule has 1 aliphatic rings. The van der Waals surface area contributed by atoms with Gasteiger partial charge in [-0.2, -0.15) is 0 Å². The van der Waals surface area contributed by atoms with E-state index in [-0.39, 0.29) is 5.78 Å². The first-order valence-corrected chi connectivity index (χ1v) is 8.32. The lowest BCUT2D eigenvalue weighted by atomic mass is 9.86. The van der Waals surface area contributed by atoms with Gasteiger partial charge < -0.3 is 10.4 Å². The summed E-state index contributed by atoms with van der Waals surface area (Å²) in [5, 5.41) is 13.0. The van der Waals surface area contributed by atoms with E-state index >= 15 is 0 Å². The number of nitrogens with one attached hydrogen (secondary N) is 1. The van der Waals surface area contributed by atoms with Crippen molar-refractivity contribution in [2.75, 3.05) is 13.1 Å². The number of carboxylic acids is 1. The fraction of sp³-hybridized carbons (Fsp3) is 0.556. The summed E-state index contributed by atoms with van der Waals surface area (Å²) in [4.78, 5) is 26.7. The molecule has 1 heterocycles. The second-order valence-corrected chi connectivity index (χ2v) is 6.21. The molecule has 1 aromatic carbocycles. The molecule has 1 fully saturated rings. The summed E-state index contributed by atoms with van der Waals surface area (Å²) < 4.78 is 0. The van der Waals surface area contributed by atoms with Crippen molar-refractivity contribution in [1.29, 1.82) is 0 Å². The number of hydrogen-bond donors (Lipinski definition) is 2. The van der Waals surface area contributed by atoms with Gasteiger partial charge in [0.15, 0.2) is 11.3 Å². The largest absolute Gasteiger partial charge is 0.480 e. The highest BCUT2D eigenvalue weighted by Gasteiger charge is 2.54. The molecule has 23 heavy (non-hydrogen) atoms. The zero-order valence-corrected chi connectivity index (χ0v) is 13.9. The summed E-state index contributed by atoms with van der Waals surface area (Å²) in [6.45, 7) is 5.64. The van der Waals surface area contributed by atoms with Crippen molar-refractivity contribution in [1.82, 2.24) is 10.2 Å². The van der Waals surface area contributed by atoms with Gasteiger partial charge in [0, 0.05) is 6.54 Å². The molecule has 2 atom stereocenters. The Hall–Kier alpha value is -1.72. The van der Waals surface area contributed by atoms with Gasteiger partial charge in [-0.25, -0.2) is 4.79 Å². The van der Waals surface area contributed by atoms with Gasteiger partial charge in [0.25, 0.3) is 0 Å². The molecule has 2 N–H and O–H groups in total. The van der Waals surface area contributed by atoms with Crippen LogP contribution < -0.4 is 5.32 Å². The van der Waals surface area contributed by atoms with E-state index in [0.29, 0.717) is 26.1 Å². The molecule has 0 saturated carbocycles. The molecule has 0 unspecified atom stereocenters. The van der Waals surface area contributed by atoms with Crippen molar-refractivity contribution in [3.63, 3.8) is 0 Å². The molecule has 126 valence electrons. The Bertz CT molecular complexity index is 546. The number of hydrogen-bond acceptors (Lipinski definition) is 4. The minimum Gasteiger partial charge on any atom is -0.480 e. The lowest BCUT2D eigenvalue weighted by Gasteiger charge is -2.35. The minimum absolute atomic E-state index is 0.230. The van der Waals surface area contributed by atoms with E-state index in [1.807, 2.05) is 42.2 Å². The van der Waals surface area contributed by atoms with Gasteiger partial charge >= 0.3 is 5.97 Å². The highest BCUT2D eigenvalue weighted by atomic mass is 16.4. The third kappa shape index (κ3) is 3.62. The van der Waals surface area contributed by atoms with E-state index in [1.165, 1.54) is 0 Å². The second kappa shape index (κ2) is 7.70. The van der Waals surface area contributed by atoms with E-state index in [1.54, 1.807) is 6.92 Å². The Morgan fingerprint density at radius 1 is 1.35 bits per heavy atom. The van der Waals surface area contributed by atoms with Crippen LogP contribution in [0.1, 0.15) is 38.7 Å². The summed E-state index contributed by atoms with van der Waals surface area (Å²) in [5.74, 6) is -1.24. The number of ketones is 1. The van der Waals surface area contributed by atoms with Crippen LogP contribution in [0.15, 0.2) is 30.3 Å². The number of rotatable bonds is 8. The first-order chi connectivity index (χ1) is 11.0. The van der Waals surface area contributed by atoms with Crippen molar-refractivity contribution in [3.05, 3.63) is 35.9 Å². The predicted molar refractivity (Wildman–Crippen MR) is 89.2 cm³/mol. The maximum Gasteiger partial charge on any atom is 0.331 e. The molecule has 0 amide bonds. The number of carbonyl (C=O) groups excluding carboxylic acids is 1. The first-order valence-electron chi connectivity index (χ1n) is 8.32. The number of Topliss-reactive ketones (excluding diaryl/α,β-unsaturated/α-hetero) is 1. The summed E-state index contributed by atoms with van der Waals surface area (Å²) in [6.07, 6.45) is 2.00. The summed E-state index contributed by atoms with van der Waals surface area (Å²) >= 11 is 0. The van der Waals surface area contributed by atoms with E-state index in [0.717, 1.165) is 18.4 Å². The zero-order chi connectivity index (χ0) is 16.9. The topological polar surface area (TPSA) is 69.6 Å². The van der Waals surface area contributed by atoms with Gasteiger partial charge in [-0.3, -0.25) is 9.69 Å². The van der Waals surface area contributed by atoms with Crippen molar-refractivity contribution < 1.29 is 14.7 Å². The van der Waals surface area contributed by atoms with E-state index in [9.17, 15) is 14.7 Å². The molecule has 5 nitrogen and oxygen atoms in total. The lowest BCUT2D eigenvalue weighted by molar-refractivity contribution is -0.156. The van der Waals surface area contributed by atoms with Crippen LogP contribution in [0.4, 0.5) is 0 Å². The maximum atomic E-state index is 12.9. The molecule has 0 aliphatic carbocycles. The summed E-state index contributed by atoms with van der Waals surface area (Å²) in [5.41, 5.74) is -0.285. The average molecular weight is 318 g/mol. The third-order valence-electron chi connectivity index (χ3n) is 4.61. The SMILES string of the molecule is CCCN1CCC[C@]1(C(=O)O)C(=O)[C@H](C)NCc1ccccc1. The highest BCUT2D eigenvalue weighted by molar-refractivity contribution is 6.10. The van der Waals surface area contributed by atoms with Crippen LogP contribution in [-0.4, -0.2) is 46.4 Å². The second-order valence-electron chi connectivity index (χ2n) is 6.21. The van der Waals surface area contributed by atoms with E-state index < -0.39 is 17.6 Å². The molecule has 0 bridgehead atoms. The van der Waals surface area contributed by atoms with Gasteiger partial charge in [-0.05, 0) is 44.8 Å². The van der Waals surface area contributed by atoms with Crippen LogP contribution in [-0.2, 0) is 16.1 Å². The van der Waals surface area contributed by atoms with E-state index in [4.69, 9.17) is 0 Å². The molecular formula is C18H26N2O3. The number of carboxylic acid groups (broad SMARTS) is 1. The molecule has 2 rings (SSSR count). The minimum atomic E-state index is -1.36.